The summed E-state index contributed by atoms with van der Waals surface area (Å²) in [4.78, 5) is 2.46. The lowest BCUT2D eigenvalue weighted by molar-refractivity contribution is -0.00328. The molecule has 0 aromatic carbocycles. The maximum Gasteiger partial charge on any atom is 0.0615 e. The average Bonchev–Trinajstić information content (AvgIpc) is 2.27. The Kier molecular flexibility index (Phi) is 6.57. The van der Waals surface area contributed by atoms with Gasteiger partial charge in [-0.05, 0) is 19.8 Å². The van der Waals surface area contributed by atoms with Crippen molar-refractivity contribution < 1.29 is 9.47 Å². The average molecular weight is 236 g/mol. The van der Waals surface area contributed by atoms with E-state index in [9.17, 15) is 0 Å². The third-order valence-electron chi connectivity index (χ3n) is 2.94. The lowest BCUT2D eigenvalue weighted by atomic mass is 10.1. The third kappa shape index (κ3) is 4.68. The van der Waals surface area contributed by atoms with Crippen LogP contribution in [-0.4, -0.2) is 56.3 Å². The van der Waals surface area contributed by atoms with Gasteiger partial charge < -0.3 is 9.47 Å². The summed E-state index contributed by atoms with van der Waals surface area (Å²) in [5.74, 6) is 0.598. The van der Waals surface area contributed by atoms with E-state index in [-0.39, 0.29) is 0 Å². The second-order valence-corrected chi connectivity index (χ2v) is 4.48. The third-order valence-corrected chi connectivity index (χ3v) is 3.09. The predicted molar refractivity (Wildman–Crippen MR) is 62.6 cm³/mol. The van der Waals surface area contributed by atoms with E-state index in [2.05, 4.69) is 11.8 Å². The maximum absolute atomic E-state index is 5.63. The minimum absolute atomic E-state index is 0.412. The van der Waals surface area contributed by atoms with Crippen LogP contribution < -0.4 is 0 Å². The highest BCUT2D eigenvalue weighted by molar-refractivity contribution is 6.17. The molecule has 0 bridgehead atoms. The van der Waals surface area contributed by atoms with E-state index in [1.54, 1.807) is 7.11 Å². The zero-order valence-electron chi connectivity index (χ0n) is 9.75. The zero-order valence-corrected chi connectivity index (χ0v) is 10.5. The van der Waals surface area contributed by atoms with E-state index < -0.39 is 0 Å². The molecule has 4 heteroatoms. The topological polar surface area (TPSA) is 21.7 Å². The Balaban J connectivity index is 2.17. The first kappa shape index (κ1) is 13.2. The van der Waals surface area contributed by atoms with Crippen molar-refractivity contribution in [2.24, 2.45) is 0 Å². The van der Waals surface area contributed by atoms with Gasteiger partial charge in [-0.2, -0.15) is 0 Å². The Morgan fingerprint density at radius 3 is 2.60 bits per heavy atom. The van der Waals surface area contributed by atoms with E-state index >= 15 is 0 Å². The Bertz CT molecular complexity index is 161. The van der Waals surface area contributed by atoms with Crippen LogP contribution in [0.15, 0.2) is 0 Å². The second kappa shape index (κ2) is 7.44. The van der Waals surface area contributed by atoms with E-state index in [1.807, 2.05) is 0 Å². The molecule has 3 nitrogen and oxygen atoms in total. The van der Waals surface area contributed by atoms with Gasteiger partial charge in [0, 0.05) is 32.1 Å². The van der Waals surface area contributed by atoms with Crippen LogP contribution in [-0.2, 0) is 9.47 Å². The smallest absolute Gasteiger partial charge is 0.0615 e. The van der Waals surface area contributed by atoms with Crippen LogP contribution in [0.3, 0.4) is 0 Å². The van der Waals surface area contributed by atoms with Crippen LogP contribution in [0.1, 0.15) is 19.8 Å². The van der Waals surface area contributed by atoms with Crippen LogP contribution in [0.4, 0.5) is 0 Å². The van der Waals surface area contributed by atoms with Gasteiger partial charge in [0.05, 0.1) is 19.3 Å². The molecule has 1 saturated heterocycles. The molecule has 0 spiro atoms. The largest absolute Gasteiger partial charge is 0.383 e. The standard InChI is InChI=1S/C11H22ClNO2/c1-10(9-14-2)13-6-3-11(4-7-13)15-8-5-12/h10-11H,3-9H2,1-2H3. The fraction of sp³-hybridized carbons (Fsp3) is 1.00. The van der Waals surface area contributed by atoms with Crippen LogP contribution >= 0.6 is 11.6 Å². The summed E-state index contributed by atoms with van der Waals surface area (Å²) in [7, 11) is 1.76. The van der Waals surface area contributed by atoms with Crippen molar-refractivity contribution in [3.63, 3.8) is 0 Å². The number of likely N-dealkylation sites (tertiary alicyclic amines) is 1. The number of alkyl halides is 1. The minimum Gasteiger partial charge on any atom is -0.383 e. The quantitative estimate of drug-likeness (QED) is 0.655. The summed E-state index contributed by atoms with van der Waals surface area (Å²) in [6.07, 6.45) is 2.64. The number of hydrogen-bond acceptors (Lipinski definition) is 3. The molecule has 0 radical (unpaired) electrons. The second-order valence-electron chi connectivity index (χ2n) is 4.10. The monoisotopic (exact) mass is 235 g/mol. The van der Waals surface area contributed by atoms with Gasteiger partial charge in [-0.3, -0.25) is 4.90 Å². The van der Waals surface area contributed by atoms with Crippen molar-refractivity contribution in [1.29, 1.82) is 0 Å². The number of halogens is 1. The van der Waals surface area contributed by atoms with Gasteiger partial charge in [0.2, 0.25) is 0 Å². The molecule has 1 aliphatic heterocycles. The lowest BCUT2D eigenvalue weighted by Crippen LogP contribution is -2.44. The molecule has 1 fully saturated rings. The minimum atomic E-state index is 0.412. The molecule has 0 aromatic rings. The molecule has 15 heavy (non-hydrogen) atoms. The summed E-state index contributed by atoms with van der Waals surface area (Å²) in [6, 6.07) is 0.518. The molecule has 1 rings (SSSR count). The number of nitrogens with zero attached hydrogens (tertiary/aromatic N) is 1. The van der Waals surface area contributed by atoms with Crippen LogP contribution in [0, 0.1) is 0 Å². The molecule has 90 valence electrons. The summed E-state index contributed by atoms with van der Waals surface area (Å²) in [6.45, 7) is 5.92. The van der Waals surface area contributed by atoms with E-state index in [0.717, 1.165) is 32.5 Å². The summed E-state index contributed by atoms with van der Waals surface area (Å²) >= 11 is 5.59. The lowest BCUT2D eigenvalue weighted by Gasteiger charge is -2.35. The van der Waals surface area contributed by atoms with Crippen molar-refractivity contribution in [1.82, 2.24) is 4.90 Å². The summed E-state index contributed by atoms with van der Waals surface area (Å²) in [5, 5.41) is 0. The molecule has 0 aliphatic carbocycles. The molecule has 1 heterocycles. The Morgan fingerprint density at radius 2 is 2.07 bits per heavy atom. The Hall–Kier alpha value is 0.170. The molecule has 0 amide bonds. The van der Waals surface area contributed by atoms with Crippen LogP contribution in [0.5, 0.6) is 0 Å². The zero-order chi connectivity index (χ0) is 11.1. The normalized spacial score (nSPS) is 21.8. The number of hydrogen-bond donors (Lipinski definition) is 0. The first-order chi connectivity index (χ1) is 7.27. The maximum atomic E-state index is 5.63. The molecule has 1 atom stereocenters. The Morgan fingerprint density at radius 1 is 1.40 bits per heavy atom. The van der Waals surface area contributed by atoms with Crippen LogP contribution in [0.2, 0.25) is 0 Å². The van der Waals surface area contributed by atoms with Crippen LogP contribution in [0.25, 0.3) is 0 Å². The van der Waals surface area contributed by atoms with Crippen molar-refractivity contribution >= 4 is 11.6 Å². The van der Waals surface area contributed by atoms with Gasteiger partial charge in [0.1, 0.15) is 0 Å². The highest BCUT2D eigenvalue weighted by atomic mass is 35.5. The molecule has 0 aromatic heterocycles. The van der Waals surface area contributed by atoms with Gasteiger partial charge in [0.25, 0.3) is 0 Å². The van der Waals surface area contributed by atoms with Crippen molar-refractivity contribution in [2.45, 2.75) is 31.9 Å². The molecular weight excluding hydrogens is 214 g/mol. The summed E-state index contributed by atoms with van der Waals surface area (Å²) < 4.78 is 10.8. The number of ether oxygens (including phenoxy) is 2. The van der Waals surface area contributed by atoms with Gasteiger partial charge in [0.15, 0.2) is 0 Å². The van der Waals surface area contributed by atoms with Crippen molar-refractivity contribution in [3.8, 4) is 0 Å². The van der Waals surface area contributed by atoms with Crippen molar-refractivity contribution in [2.75, 3.05) is 39.3 Å². The van der Waals surface area contributed by atoms with E-state index in [0.29, 0.717) is 24.6 Å². The van der Waals surface area contributed by atoms with Gasteiger partial charge in [-0.25, -0.2) is 0 Å². The molecular formula is C11H22ClNO2. The van der Waals surface area contributed by atoms with E-state index in [4.69, 9.17) is 21.1 Å². The Labute approximate surface area is 97.7 Å². The van der Waals surface area contributed by atoms with E-state index in [1.165, 1.54) is 0 Å². The molecule has 0 N–H and O–H groups in total. The SMILES string of the molecule is COCC(C)N1CCC(OCCCl)CC1. The van der Waals surface area contributed by atoms with Gasteiger partial charge in [-0.15, -0.1) is 11.6 Å². The molecule has 0 saturated carbocycles. The highest BCUT2D eigenvalue weighted by Crippen LogP contribution is 2.16. The number of rotatable bonds is 6. The van der Waals surface area contributed by atoms with Gasteiger partial charge >= 0.3 is 0 Å². The number of methoxy groups -OCH3 is 1. The van der Waals surface area contributed by atoms with Crippen molar-refractivity contribution in [3.05, 3.63) is 0 Å². The van der Waals surface area contributed by atoms with Gasteiger partial charge in [-0.1, -0.05) is 0 Å². The fourth-order valence-electron chi connectivity index (χ4n) is 2.04. The predicted octanol–water partition coefficient (Wildman–Crippen LogP) is 1.74. The summed E-state index contributed by atoms with van der Waals surface area (Å²) in [5.41, 5.74) is 0. The fourth-order valence-corrected chi connectivity index (χ4v) is 2.13. The first-order valence-corrected chi connectivity index (χ1v) is 6.22. The molecule has 1 aliphatic rings. The number of piperidine rings is 1. The first-order valence-electron chi connectivity index (χ1n) is 5.68. The molecule has 1 unspecified atom stereocenters. The highest BCUT2D eigenvalue weighted by Gasteiger charge is 2.22.